The fourth-order valence-corrected chi connectivity index (χ4v) is 1.87. The van der Waals surface area contributed by atoms with Crippen molar-refractivity contribution in [2.24, 2.45) is 7.05 Å². The molecule has 8 heteroatoms. The van der Waals surface area contributed by atoms with Crippen LogP contribution >= 0.6 is 0 Å². The summed E-state index contributed by atoms with van der Waals surface area (Å²) in [6.45, 7) is -0.602. The molecule has 18 heavy (non-hydrogen) atoms. The molecule has 1 aromatic heterocycles. The Hall–Kier alpha value is -1.51. The largest absolute Gasteiger partial charge is 0.394 e. The molecule has 1 fully saturated rings. The summed E-state index contributed by atoms with van der Waals surface area (Å²) in [4.78, 5) is 23.0. The third kappa shape index (κ3) is 1.88. The van der Waals surface area contributed by atoms with E-state index in [9.17, 15) is 19.1 Å². The zero-order valence-corrected chi connectivity index (χ0v) is 9.56. The molecule has 0 saturated carbocycles. The van der Waals surface area contributed by atoms with Gasteiger partial charge < -0.3 is 14.9 Å². The van der Waals surface area contributed by atoms with E-state index in [2.05, 4.69) is 0 Å². The summed E-state index contributed by atoms with van der Waals surface area (Å²) >= 11 is 0. The van der Waals surface area contributed by atoms with Gasteiger partial charge in [-0.3, -0.25) is 13.9 Å². The summed E-state index contributed by atoms with van der Waals surface area (Å²) in [7, 11) is 1.26. The second-order valence-electron chi connectivity index (χ2n) is 4.09. The molecular weight excluding hydrogens is 247 g/mol. The number of hydrogen-bond donors (Lipinski definition) is 2. The van der Waals surface area contributed by atoms with Gasteiger partial charge in [0.25, 0.3) is 5.56 Å². The molecule has 0 aromatic carbocycles. The van der Waals surface area contributed by atoms with E-state index in [1.165, 1.54) is 7.05 Å². The number of aliphatic hydroxyl groups is 2. The van der Waals surface area contributed by atoms with Crippen molar-refractivity contribution in [3.63, 3.8) is 0 Å². The topological polar surface area (TPSA) is 93.7 Å². The summed E-state index contributed by atoms with van der Waals surface area (Å²) in [5.74, 6) is 0. The standard InChI is InChI=1S/C10H13FN2O5/c1-12-6(15)2-3-13(10(12)17)9-8(16)7(11)5(4-14)18-9/h2-3,5,7-9,14,16H,4H2,1H3/t5-,7+,8?,9-/m1/s1. The number of aliphatic hydroxyl groups excluding tert-OH is 2. The summed E-state index contributed by atoms with van der Waals surface area (Å²) in [5, 5.41) is 18.5. The van der Waals surface area contributed by atoms with Crippen molar-refractivity contribution in [2.75, 3.05) is 6.61 Å². The van der Waals surface area contributed by atoms with Gasteiger partial charge in [-0.25, -0.2) is 9.18 Å². The number of aromatic nitrogens is 2. The number of rotatable bonds is 2. The third-order valence-corrected chi connectivity index (χ3v) is 2.96. The lowest BCUT2D eigenvalue weighted by atomic mass is 10.1. The lowest BCUT2D eigenvalue weighted by Crippen LogP contribution is -2.41. The highest BCUT2D eigenvalue weighted by atomic mass is 19.1. The van der Waals surface area contributed by atoms with Crippen molar-refractivity contribution in [2.45, 2.75) is 24.6 Å². The van der Waals surface area contributed by atoms with Crippen LogP contribution in [0.15, 0.2) is 21.9 Å². The maximum Gasteiger partial charge on any atom is 0.332 e. The van der Waals surface area contributed by atoms with Crippen molar-refractivity contribution in [1.82, 2.24) is 9.13 Å². The zero-order valence-electron chi connectivity index (χ0n) is 9.56. The number of hydrogen-bond acceptors (Lipinski definition) is 5. The Balaban J connectivity index is 2.42. The van der Waals surface area contributed by atoms with E-state index >= 15 is 0 Å². The van der Waals surface area contributed by atoms with Gasteiger partial charge in [0.1, 0.15) is 12.2 Å². The SMILES string of the molecule is Cn1c(=O)ccn([C@@H]2O[C@H](CO)[C@H](F)C2O)c1=O. The predicted octanol–water partition coefficient (Wildman–Crippen LogP) is -1.86. The van der Waals surface area contributed by atoms with Crippen LogP contribution in [0.3, 0.4) is 0 Å². The number of ether oxygens (including phenoxy) is 1. The number of nitrogens with zero attached hydrogens (tertiary/aromatic N) is 2. The van der Waals surface area contributed by atoms with Crippen LogP contribution in [0.5, 0.6) is 0 Å². The molecule has 0 radical (unpaired) electrons. The lowest BCUT2D eigenvalue weighted by Gasteiger charge is -2.17. The van der Waals surface area contributed by atoms with Crippen LogP contribution in [0.4, 0.5) is 4.39 Å². The average Bonchev–Trinajstić information content (AvgIpc) is 2.64. The normalized spacial score (nSPS) is 31.8. The first-order valence-corrected chi connectivity index (χ1v) is 5.34. The fourth-order valence-electron chi connectivity index (χ4n) is 1.87. The zero-order chi connectivity index (χ0) is 13.4. The smallest absolute Gasteiger partial charge is 0.332 e. The van der Waals surface area contributed by atoms with Gasteiger partial charge in [0.2, 0.25) is 0 Å². The first-order valence-electron chi connectivity index (χ1n) is 5.34. The molecule has 1 aliphatic heterocycles. The van der Waals surface area contributed by atoms with E-state index in [0.717, 1.165) is 21.4 Å². The molecular formula is C10H13FN2O5. The van der Waals surface area contributed by atoms with Crippen molar-refractivity contribution in [3.8, 4) is 0 Å². The Kier molecular flexibility index (Phi) is 3.33. The van der Waals surface area contributed by atoms with Gasteiger partial charge in [0.15, 0.2) is 12.4 Å². The van der Waals surface area contributed by atoms with Crippen molar-refractivity contribution in [1.29, 1.82) is 0 Å². The van der Waals surface area contributed by atoms with Crippen LogP contribution in [0.25, 0.3) is 0 Å². The average molecular weight is 260 g/mol. The van der Waals surface area contributed by atoms with Crippen LogP contribution in [-0.4, -0.2) is 44.3 Å². The van der Waals surface area contributed by atoms with Crippen LogP contribution in [-0.2, 0) is 11.8 Å². The van der Waals surface area contributed by atoms with Crippen LogP contribution < -0.4 is 11.2 Å². The highest BCUT2D eigenvalue weighted by molar-refractivity contribution is 4.94. The van der Waals surface area contributed by atoms with Crippen molar-refractivity contribution in [3.05, 3.63) is 33.1 Å². The predicted molar refractivity (Wildman–Crippen MR) is 57.8 cm³/mol. The third-order valence-electron chi connectivity index (χ3n) is 2.96. The number of halogens is 1. The van der Waals surface area contributed by atoms with Crippen LogP contribution in [0.1, 0.15) is 6.23 Å². The van der Waals surface area contributed by atoms with E-state index in [1.54, 1.807) is 0 Å². The molecule has 0 aliphatic carbocycles. The van der Waals surface area contributed by atoms with E-state index in [0.29, 0.717) is 0 Å². The second kappa shape index (κ2) is 4.63. The summed E-state index contributed by atoms with van der Waals surface area (Å²) < 4.78 is 20.3. The molecule has 1 saturated heterocycles. The van der Waals surface area contributed by atoms with Crippen LogP contribution in [0, 0.1) is 0 Å². The molecule has 0 spiro atoms. The lowest BCUT2D eigenvalue weighted by molar-refractivity contribution is -0.0542. The fraction of sp³-hybridized carbons (Fsp3) is 0.600. The maximum atomic E-state index is 13.5. The molecule has 7 nitrogen and oxygen atoms in total. The van der Waals surface area contributed by atoms with Gasteiger partial charge in [-0.15, -0.1) is 0 Å². The minimum Gasteiger partial charge on any atom is -0.394 e. The van der Waals surface area contributed by atoms with Gasteiger partial charge >= 0.3 is 5.69 Å². The second-order valence-corrected chi connectivity index (χ2v) is 4.09. The Morgan fingerprint density at radius 1 is 1.50 bits per heavy atom. The van der Waals surface area contributed by atoms with Gasteiger partial charge in [-0.1, -0.05) is 0 Å². The van der Waals surface area contributed by atoms with Gasteiger partial charge in [-0.05, 0) is 0 Å². The molecule has 0 amide bonds. The van der Waals surface area contributed by atoms with Gasteiger partial charge in [0, 0.05) is 19.3 Å². The Labute approximate surface area is 101 Å². The summed E-state index contributed by atoms with van der Waals surface area (Å²) in [6.07, 6.45) is -4.67. The summed E-state index contributed by atoms with van der Waals surface area (Å²) in [6, 6.07) is 1.11. The Morgan fingerprint density at radius 2 is 2.17 bits per heavy atom. The highest BCUT2D eigenvalue weighted by Crippen LogP contribution is 2.29. The van der Waals surface area contributed by atoms with Crippen molar-refractivity contribution >= 4 is 0 Å². The Morgan fingerprint density at radius 3 is 2.72 bits per heavy atom. The van der Waals surface area contributed by atoms with E-state index < -0.39 is 42.5 Å². The van der Waals surface area contributed by atoms with Crippen LogP contribution in [0.2, 0.25) is 0 Å². The molecule has 0 bridgehead atoms. The van der Waals surface area contributed by atoms with E-state index in [1.807, 2.05) is 0 Å². The number of alkyl halides is 1. The molecule has 4 atom stereocenters. The van der Waals surface area contributed by atoms with Gasteiger partial charge in [0.05, 0.1) is 6.61 Å². The molecule has 2 N–H and O–H groups in total. The first kappa shape index (κ1) is 12.9. The van der Waals surface area contributed by atoms with Crippen molar-refractivity contribution < 1.29 is 19.3 Å². The highest BCUT2D eigenvalue weighted by Gasteiger charge is 2.45. The van der Waals surface area contributed by atoms with E-state index in [-0.39, 0.29) is 0 Å². The van der Waals surface area contributed by atoms with Gasteiger partial charge in [-0.2, -0.15) is 0 Å². The monoisotopic (exact) mass is 260 g/mol. The summed E-state index contributed by atoms with van der Waals surface area (Å²) in [5.41, 5.74) is -1.24. The molecule has 1 unspecified atom stereocenters. The molecule has 2 rings (SSSR count). The Bertz CT molecular complexity index is 554. The maximum absolute atomic E-state index is 13.5. The molecule has 1 aliphatic rings. The quantitative estimate of drug-likeness (QED) is 0.650. The first-order chi connectivity index (χ1) is 8.47. The minimum atomic E-state index is -1.79. The molecule has 1 aromatic rings. The van der Waals surface area contributed by atoms with E-state index in [4.69, 9.17) is 9.84 Å². The minimum absolute atomic E-state index is 0.515. The molecule has 2 heterocycles. The molecule has 100 valence electrons.